The molecule has 1 aliphatic rings. The molecule has 1 aliphatic heterocycles. The Morgan fingerprint density at radius 2 is 1.83 bits per heavy atom. The number of cyclic esters (lactones) is 2. The van der Waals surface area contributed by atoms with Gasteiger partial charge in [-0.25, -0.2) is 4.79 Å². The number of hydrogen-bond donors (Lipinski definition) is 2. The maximum absolute atomic E-state index is 13.5. The van der Waals surface area contributed by atoms with E-state index in [2.05, 4.69) is 10.6 Å². The maximum Gasteiger partial charge on any atom is 0.350 e. The second-order valence-corrected chi connectivity index (χ2v) is 10.2. The first-order valence-electron chi connectivity index (χ1n) is 11.8. The summed E-state index contributed by atoms with van der Waals surface area (Å²) in [6, 6.07) is 5.09. The van der Waals surface area contributed by atoms with Gasteiger partial charge in [-0.3, -0.25) is 14.4 Å². The molecule has 1 heterocycles. The van der Waals surface area contributed by atoms with E-state index < -0.39 is 34.8 Å². The van der Waals surface area contributed by atoms with Crippen molar-refractivity contribution in [3.8, 4) is 5.75 Å². The number of methoxy groups -OCH3 is 1. The van der Waals surface area contributed by atoms with E-state index in [9.17, 15) is 19.2 Å². The molecule has 0 bridgehead atoms. The quantitative estimate of drug-likeness (QED) is 0.570. The molecule has 36 heavy (non-hydrogen) atoms. The summed E-state index contributed by atoms with van der Waals surface area (Å²) >= 11 is 6.31. The topological polar surface area (TPSA) is 120 Å². The summed E-state index contributed by atoms with van der Waals surface area (Å²) in [6.45, 7) is 6.72. The number of carbonyl (C=O) groups is 4. The first kappa shape index (κ1) is 29.2. The van der Waals surface area contributed by atoms with Gasteiger partial charge in [-0.1, -0.05) is 37.6 Å². The summed E-state index contributed by atoms with van der Waals surface area (Å²) in [5.41, 5.74) is -2.15. The van der Waals surface area contributed by atoms with Crippen LogP contribution in [0.5, 0.6) is 5.75 Å². The molecule has 1 atom stereocenters. The molecule has 0 aliphatic carbocycles. The van der Waals surface area contributed by atoms with E-state index in [0.717, 1.165) is 0 Å². The largest absolute Gasteiger partial charge is 0.495 e. The van der Waals surface area contributed by atoms with E-state index >= 15 is 0 Å². The number of benzene rings is 1. The predicted molar refractivity (Wildman–Crippen MR) is 135 cm³/mol. The standard InChI is InChI=1S/C26H35ClN2O7/c1-17(2)13-26(14-18-9-10-20(34-5)19(27)12-18)24(33)35-11-7-6-8-21(30)28-15-22(31)29-16-25(3,4)23(32)36-26/h6,8-10,12,17H,7,11,13-16H2,1-5H3,(H,28,30)(H,29,31). The van der Waals surface area contributed by atoms with E-state index in [1.165, 1.54) is 19.3 Å². The maximum atomic E-state index is 13.5. The minimum Gasteiger partial charge on any atom is -0.495 e. The third-order valence-electron chi connectivity index (χ3n) is 5.59. The number of nitrogens with one attached hydrogen (secondary N) is 2. The molecule has 2 amide bonds. The van der Waals surface area contributed by atoms with Crippen LogP contribution in [-0.4, -0.2) is 56.2 Å². The summed E-state index contributed by atoms with van der Waals surface area (Å²) in [5, 5.41) is 5.44. The lowest BCUT2D eigenvalue weighted by atomic mass is 9.85. The Labute approximate surface area is 216 Å². The number of hydrogen-bond acceptors (Lipinski definition) is 7. The molecular weight excluding hydrogens is 488 g/mol. The molecular formula is C26H35ClN2O7. The van der Waals surface area contributed by atoms with E-state index in [-0.39, 0.29) is 44.9 Å². The Hall–Kier alpha value is -3.07. The molecule has 0 saturated carbocycles. The van der Waals surface area contributed by atoms with Crippen LogP contribution in [0.3, 0.4) is 0 Å². The Kier molecular flexibility index (Phi) is 10.3. The SMILES string of the molecule is COc1ccc(CC2(CC(C)C)OC(=O)C(C)(C)CNC(=O)CNC(=O)C=CCCOC2=O)cc1Cl. The molecule has 1 aromatic rings. The Morgan fingerprint density at radius 1 is 1.11 bits per heavy atom. The van der Waals surface area contributed by atoms with Crippen LogP contribution in [0.2, 0.25) is 5.02 Å². The molecule has 2 rings (SSSR count). The lowest BCUT2D eigenvalue weighted by molar-refractivity contribution is -0.190. The lowest BCUT2D eigenvalue weighted by Gasteiger charge is -2.36. The molecule has 198 valence electrons. The smallest absolute Gasteiger partial charge is 0.350 e. The summed E-state index contributed by atoms with van der Waals surface area (Å²) < 4.78 is 16.8. The lowest BCUT2D eigenvalue weighted by Crippen LogP contribution is -2.52. The average molecular weight is 523 g/mol. The van der Waals surface area contributed by atoms with Gasteiger partial charge in [0.1, 0.15) is 5.75 Å². The summed E-state index contributed by atoms with van der Waals surface area (Å²) in [4.78, 5) is 51.0. The van der Waals surface area contributed by atoms with Crippen LogP contribution in [0.25, 0.3) is 0 Å². The van der Waals surface area contributed by atoms with Gasteiger partial charge in [-0.15, -0.1) is 0 Å². The minimum atomic E-state index is -1.64. The molecule has 0 aromatic heterocycles. The number of halogens is 1. The number of carbonyl (C=O) groups excluding carboxylic acids is 4. The number of esters is 2. The van der Waals surface area contributed by atoms with Gasteiger partial charge in [0.05, 0.1) is 30.7 Å². The van der Waals surface area contributed by atoms with Gasteiger partial charge < -0.3 is 24.8 Å². The number of ether oxygens (including phenoxy) is 3. The zero-order valence-corrected chi connectivity index (χ0v) is 22.2. The van der Waals surface area contributed by atoms with Crippen molar-refractivity contribution in [1.29, 1.82) is 0 Å². The molecule has 0 spiro atoms. The minimum absolute atomic E-state index is 0.0206. The van der Waals surface area contributed by atoms with Crippen LogP contribution in [0.1, 0.15) is 46.1 Å². The molecule has 0 saturated heterocycles. The van der Waals surface area contributed by atoms with Crippen LogP contribution in [0.4, 0.5) is 0 Å². The van der Waals surface area contributed by atoms with Crippen molar-refractivity contribution in [1.82, 2.24) is 10.6 Å². The van der Waals surface area contributed by atoms with E-state index in [1.807, 2.05) is 13.8 Å². The Bertz CT molecular complexity index is 1010. The first-order valence-corrected chi connectivity index (χ1v) is 12.2. The Morgan fingerprint density at radius 3 is 2.47 bits per heavy atom. The van der Waals surface area contributed by atoms with Gasteiger partial charge in [0.2, 0.25) is 17.4 Å². The zero-order valence-electron chi connectivity index (χ0n) is 21.4. The van der Waals surface area contributed by atoms with Crippen molar-refractivity contribution in [2.45, 2.75) is 52.6 Å². The van der Waals surface area contributed by atoms with E-state index in [0.29, 0.717) is 16.3 Å². The van der Waals surface area contributed by atoms with Crippen LogP contribution in [-0.2, 0) is 35.1 Å². The zero-order chi connectivity index (χ0) is 26.9. The van der Waals surface area contributed by atoms with Crippen molar-refractivity contribution < 1.29 is 33.4 Å². The van der Waals surface area contributed by atoms with E-state index in [4.69, 9.17) is 25.8 Å². The fraction of sp³-hybridized carbons (Fsp3) is 0.538. The molecule has 0 fully saturated rings. The molecule has 2 N–H and O–H groups in total. The normalized spacial score (nSPS) is 21.9. The van der Waals surface area contributed by atoms with Crippen molar-refractivity contribution in [3.05, 3.63) is 40.9 Å². The van der Waals surface area contributed by atoms with Crippen molar-refractivity contribution in [2.75, 3.05) is 26.8 Å². The predicted octanol–water partition coefficient (Wildman–Crippen LogP) is 2.98. The number of amides is 2. The monoisotopic (exact) mass is 522 g/mol. The molecule has 0 radical (unpaired) electrons. The highest BCUT2D eigenvalue weighted by Crippen LogP contribution is 2.34. The summed E-state index contributed by atoms with van der Waals surface area (Å²) in [5.74, 6) is -1.82. The van der Waals surface area contributed by atoms with Gasteiger partial charge >= 0.3 is 11.9 Å². The Balaban J connectivity index is 2.48. The van der Waals surface area contributed by atoms with Crippen molar-refractivity contribution >= 4 is 35.4 Å². The average Bonchev–Trinajstić information content (AvgIpc) is 2.80. The van der Waals surface area contributed by atoms with Crippen molar-refractivity contribution in [3.63, 3.8) is 0 Å². The van der Waals surface area contributed by atoms with Crippen molar-refractivity contribution in [2.24, 2.45) is 11.3 Å². The fourth-order valence-corrected chi connectivity index (χ4v) is 3.97. The third-order valence-corrected chi connectivity index (χ3v) is 5.89. The molecule has 10 heteroatoms. The van der Waals surface area contributed by atoms with Crippen LogP contribution < -0.4 is 15.4 Å². The summed E-state index contributed by atoms with van der Waals surface area (Å²) in [7, 11) is 1.50. The third kappa shape index (κ3) is 8.26. The van der Waals surface area contributed by atoms with Gasteiger partial charge in [-0.05, 0) is 43.5 Å². The van der Waals surface area contributed by atoms with Gasteiger partial charge in [-0.2, -0.15) is 0 Å². The van der Waals surface area contributed by atoms with Crippen LogP contribution >= 0.6 is 11.6 Å². The van der Waals surface area contributed by atoms with Gasteiger partial charge in [0, 0.05) is 25.8 Å². The highest BCUT2D eigenvalue weighted by molar-refractivity contribution is 6.32. The second kappa shape index (κ2) is 12.8. The van der Waals surface area contributed by atoms with Gasteiger partial charge in [0.25, 0.3) is 0 Å². The van der Waals surface area contributed by atoms with Crippen LogP contribution in [0.15, 0.2) is 30.4 Å². The fourth-order valence-electron chi connectivity index (χ4n) is 3.69. The van der Waals surface area contributed by atoms with E-state index in [1.54, 1.807) is 32.0 Å². The highest BCUT2D eigenvalue weighted by atomic mass is 35.5. The second-order valence-electron chi connectivity index (χ2n) is 9.83. The van der Waals surface area contributed by atoms with Gasteiger partial charge in [0.15, 0.2) is 0 Å². The first-order chi connectivity index (χ1) is 16.9. The number of rotatable bonds is 5. The molecule has 9 nitrogen and oxygen atoms in total. The highest BCUT2D eigenvalue weighted by Gasteiger charge is 2.47. The molecule has 1 aromatic carbocycles. The summed E-state index contributed by atoms with van der Waals surface area (Å²) in [6.07, 6.45) is 3.30. The molecule has 1 unspecified atom stereocenters. The van der Waals surface area contributed by atoms with Crippen LogP contribution in [0, 0.1) is 11.3 Å².